The predicted molar refractivity (Wildman–Crippen MR) is 263 cm³/mol. The highest BCUT2D eigenvalue weighted by Gasteiger charge is 2.52. The average Bonchev–Trinajstić information content (AvgIpc) is 3.70. The maximum Gasteiger partial charge on any atom is 0.326 e. The monoisotopic (exact) mass is 992 g/mol. The number of piperidine rings is 1. The topological polar surface area (TPSA) is 206 Å². The minimum atomic E-state index is -1.29. The van der Waals surface area contributed by atoms with Gasteiger partial charge in [-0.05, 0) is 47.2 Å². The first-order valence-electron chi connectivity index (χ1n) is 23.9. The molecule has 3 aliphatic heterocycles. The zero-order chi connectivity index (χ0) is 50.2. The fraction of sp³-hybridized carbons (Fsp3) is 0.434. The van der Waals surface area contributed by atoms with Crippen molar-refractivity contribution >= 4 is 52.1 Å². The van der Waals surface area contributed by atoms with Gasteiger partial charge in [0.1, 0.15) is 18.8 Å². The average molecular weight is 993 g/mol. The van der Waals surface area contributed by atoms with E-state index in [-0.39, 0.29) is 43.4 Å². The van der Waals surface area contributed by atoms with Crippen LogP contribution in [0, 0.1) is 0 Å². The lowest BCUT2D eigenvalue weighted by Crippen LogP contribution is -2.62. The highest BCUT2D eigenvalue weighted by Crippen LogP contribution is 2.47. The molecular weight excluding hydrogens is 933 g/mol. The number of imidazole rings is 1. The van der Waals surface area contributed by atoms with E-state index in [2.05, 4.69) is 27.3 Å². The van der Waals surface area contributed by atoms with Crippen LogP contribution in [0.1, 0.15) is 99.1 Å². The van der Waals surface area contributed by atoms with Gasteiger partial charge in [0.2, 0.25) is 0 Å². The molecule has 4 aromatic carbocycles. The normalized spacial score (nSPS) is 24.9. The van der Waals surface area contributed by atoms with Crippen LogP contribution in [0.2, 0.25) is 0 Å². The lowest BCUT2D eigenvalue weighted by atomic mass is 9.83. The quantitative estimate of drug-likeness (QED) is 0.0586. The summed E-state index contributed by atoms with van der Waals surface area (Å²) in [5, 5.41) is 13.1. The van der Waals surface area contributed by atoms with Gasteiger partial charge < -0.3 is 53.5 Å². The largest absolute Gasteiger partial charge is 0.463 e. The summed E-state index contributed by atoms with van der Waals surface area (Å²) in [6, 6.07) is 33.8. The Morgan fingerprint density at radius 2 is 1.30 bits per heavy atom. The number of hydrogen-bond donors (Lipinski definition) is 3. The molecule has 3 aliphatic rings. The molecule has 3 fully saturated rings. The van der Waals surface area contributed by atoms with Crippen LogP contribution in [0.4, 0.5) is 0 Å². The molecule has 0 amide bonds. The Morgan fingerprint density at radius 3 is 1.94 bits per heavy atom. The number of hydrogen-bond acceptors (Lipinski definition) is 15. The molecule has 71 heavy (non-hydrogen) atoms. The zero-order valence-corrected chi connectivity index (χ0v) is 40.9. The third-order valence-corrected chi connectivity index (χ3v) is 13.5. The number of ether oxygens (including phenoxy) is 7. The van der Waals surface area contributed by atoms with Crippen LogP contribution in [0.15, 0.2) is 108 Å². The van der Waals surface area contributed by atoms with Crippen LogP contribution in [0.5, 0.6) is 0 Å². The molecular formula is C53H60N4O13S. The van der Waals surface area contributed by atoms with E-state index >= 15 is 0 Å². The number of esters is 4. The fourth-order valence-corrected chi connectivity index (χ4v) is 10.2. The maximum atomic E-state index is 13.1. The molecule has 3 saturated heterocycles. The van der Waals surface area contributed by atoms with Crippen molar-refractivity contribution in [3.8, 4) is 0 Å². The summed E-state index contributed by atoms with van der Waals surface area (Å²) >= 11 is 5.77. The third-order valence-electron chi connectivity index (χ3n) is 13.2. The number of aliphatic hydroxyl groups is 1. The van der Waals surface area contributed by atoms with Crippen LogP contribution in [-0.4, -0.2) is 111 Å². The number of carbonyl (C=O) groups excluding carboxylic acids is 4. The Kier molecular flexibility index (Phi) is 16.8. The molecule has 0 saturated carbocycles. The molecule has 0 aliphatic carbocycles. The van der Waals surface area contributed by atoms with Gasteiger partial charge in [0.15, 0.2) is 24.6 Å². The molecule has 1 unspecified atom stereocenters. The fourth-order valence-electron chi connectivity index (χ4n) is 9.95. The minimum absolute atomic E-state index is 0.000105. The molecule has 376 valence electrons. The van der Waals surface area contributed by atoms with Crippen molar-refractivity contribution in [3.05, 3.63) is 141 Å². The Morgan fingerprint density at radius 1 is 0.690 bits per heavy atom. The molecule has 1 aromatic heterocycles. The van der Waals surface area contributed by atoms with Crippen molar-refractivity contribution in [3.63, 3.8) is 0 Å². The van der Waals surface area contributed by atoms with Gasteiger partial charge in [-0.3, -0.25) is 23.7 Å². The van der Waals surface area contributed by atoms with Gasteiger partial charge in [-0.2, -0.15) is 0 Å². The Labute approximate surface area is 416 Å². The minimum Gasteiger partial charge on any atom is -0.463 e. The van der Waals surface area contributed by atoms with E-state index in [1.54, 1.807) is 0 Å². The molecule has 0 radical (unpaired) electrons. The van der Waals surface area contributed by atoms with Gasteiger partial charge in [0.25, 0.3) is 0 Å². The van der Waals surface area contributed by atoms with Crippen molar-refractivity contribution in [1.82, 2.24) is 19.8 Å². The molecule has 9 atom stereocenters. The molecule has 5 aromatic rings. The second-order valence-corrected chi connectivity index (χ2v) is 18.7. The maximum absolute atomic E-state index is 13.1. The molecule has 0 bridgehead atoms. The van der Waals surface area contributed by atoms with Crippen LogP contribution >= 0.6 is 12.2 Å². The van der Waals surface area contributed by atoms with Gasteiger partial charge in [0.05, 0.1) is 34.8 Å². The second kappa shape index (κ2) is 23.3. The van der Waals surface area contributed by atoms with Crippen molar-refractivity contribution in [2.24, 2.45) is 0 Å². The van der Waals surface area contributed by atoms with Crippen molar-refractivity contribution in [2.75, 3.05) is 26.2 Å². The lowest BCUT2D eigenvalue weighted by molar-refractivity contribution is -0.264. The van der Waals surface area contributed by atoms with Crippen molar-refractivity contribution in [1.29, 1.82) is 0 Å². The molecule has 4 heterocycles. The SMILES string of the molecule is CC(=O)OC[C@H]1O[C@@H](CC(=S)NCc2ccc(C3O[C@H](CN4CCC(n5c(=O)[nH]c6ccccc65)CC4)[C@@H](c4ccccc4)[C@H](c4ccc(CO)cc4)O3)cc2)[C@H](OC(C)=O)[C@@H](OC(C)=O)[C@@H]1OC(C)=O. The van der Waals surface area contributed by atoms with Crippen LogP contribution in [0.3, 0.4) is 0 Å². The highest BCUT2D eigenvalue weighted by molar-refractivity contribution is 7.80. The first kappa shape index (κ1) is 51.1. The zero-order valence-electron chi connectivity index (χ0n) is 40.1. The van der Waals surface area contributed by atoms with Gasteiger partial charge in [-0.1, -0.05) is 103 Å². The Hall–Kier alpha value is -6.28. The standard InChI is InChI=1S/C53H60N4O13S/c1-31(59)64-30-45-50(66-33(3)61)51(67-34(4)62)49(65-32(2)60)43(68-45)26-46(71)54-27-35-14-20-39(21-15-35)52-69-44(28-56-24-22-40(23-25-56)57-42-13-9-8-12-41(42)55-53(57)63)47(37-10-6-5-7-11-37)48(70-52)38-18-16-36(29-58)17-19-38/h5-21,40,43-45,47-52,58H,22-30H2,1-4H3,(H,54,71)(H,55,63)/t43-,44+,45+,47+,48-,49-,50+,51+,52?/m0/s1. The number of H-pyrrole nitrogens is 1. The van der Waals surface area contributed by atoms with E-state index < -0.39 is 66.8 Å². The summed E-state index contributed by atoms with van der Waals surface area (Å²) in [7, 11) is 0. The first-order chi connectivity index (χ1) is 34.2. The number of aliphatic hydroxyl groups excluding tert-OH is 1. The van der Waals surface area contributed by atoms with E-state index in [1.807, 2.05) is 95.6 Å². The first-order valence-corrected chi connectivity index (χ1v) is 24.3. The van der Waals surface area contributed by atoms with E-state index in [9.17, 15) is 29.1 Å². The van der Waals surface area contributed by atoms with E-state index in [0.717, 1.165) is 64.8 Å². The van der Waals surface area contributed by atoms with Gasteiger partial charge in [-0.15, -0.1) is 0 Å². The highest BCUT2D eigenvalue weighted by atomic mass is 32.1. The van der Waals surface area contributed by atoms with Gasteiger partial charge in [0, 0.05) is 77.8 Å². The molecule has 3 N–H and O–H groups in total. The summed E-state index contributed by atoms with van der Waals surface area (Å²) in [6.45, 7) is 6.80. The molecule has 17 nitrogen and oxygen atoms in total. The summed E-state index contributed by atoms with van der Waals surface area (Å²) in [5.41, 5.74) is 6.17. The van der Waals surface area contributed by atoms with E-state index in [0.29, 0.717) is 18.1 Å². The van der Waals surface area contributed by atoms with Gasteiger partial charge in [-0.25, -0.2) is 4.79 Å². The lowest BCUT2D eigenvalue weighted by Gasteiger charge is -2.45. The molecule has 8 rings (SSSR count). The Balaban J connectivity index is 0.988. The number of aromatic nitrogens is 2. The van der Waals surface area contributed by atoms with E-state index in [1.165, 1.54) is 27.7 Å². The summed E-state index contributed by atoms with van der Waals surface area (Å²) in [5.74, 6) is -2.93. The van der Waals surface area contributed by atoms with Crippen LogP contribution < -0.4 is 11.0 Å². The number of thiocarbonyl (C=S) groups is 1. The number of rotatable bonds is 16. The molecule has 18 heteroatoms. The van der Waals surface area contributed by atoms with E-state index in [4.69, 9.17) is 45.4 Å². The van der Waals surface area contributed by atoms with Crippen molar-refractivity contribution in [2.45, 2.75) is 121 Å². The number of fused-ring (bicyclic) bond motifs is 1. The number of likely N-dealkylation sites (tertiary alicyclic amines) is 1. The molecule has 0 spiro atoms. The second-order valence-electron chi connectivity index (χ2n) is 18.2. The summed E-state index contributed by atoms with van der Waals surface area (Å²) in [4.78, 5) is 67.5. The number of aromatic amines is 1. The van der Waals surface area contributed by atoms with Crippen molar-refractivity contribution < 1.29 is 57.4 Å². The summed E-state index contributed by atoms with van der Waals surface area (Å²) in [6.07, 6.45) is -5.71. The smallest absolute Gasteiger partial charge is 0.326 e. The summed E-state index contributed by atoms with van der Waals surface area (Å²) < 4.78 is 44.1. The number of benzene rings is 4. The number of carbonyl (C=O) groups is 4. The number of nitrogens with one attached hydrogen (secondary N) is 2. The third kappa shape index (κ3) is 12.6. The van der Waals surface area contributed by atoms with Gasteiger partial charge >= 0.3 is 29.6 Å². The number of nitrogens with zero attached hydrogens (tertiary/aromatic N) is 2. The number of para-hydroxylation sites is 2. The Bertz CT molecular complexity index is 2700. The van der Waals surface area contributed by atoms with Crippen LogP contribution in [-0.2, 0) is 65.5 Å². The van der Waals surface area contributed by atoms with Crippen LogP contribution in [0.25, 0.3) is 11.0 Å². The predicted octanol–water partition coefficient (Wildman–Crippen LogP) is 6.03.